The SMILES string of the molecule is CNC(=O)c1ccc(NC[C@@H]2C[C@H](F)CN2Cc2cncnc2)nn1. The first-order valence-electron chi connectivity index (χ1n) is 8.07. The van der Waals surface area contributed by atoms with Gasteiger partial charge in [0, 0.05) is 50.7 Å². The minimum absolute atomic E-state index is 0.0376. The Kier molecular flexibility index (Phi) is 5.44. The van der Waals surface area contributed by atoms with Crippen LogP contribution in [-0.4, -0.2) is 63.3 Å². The maximum atomic E-state index is 13.9. The van der Waals surface area contributed by atoms with Crippen molar-refractivity contribution in [1.82, 2.24) is 30.4 Å². The second-order valence-corrected chi connectivity index (χ2v) is 5.93. The normalized spacial score (nSPS) is 20.4. The Morgan fingerprint density at radius 2 is 2.12 bits per heavy atom. The van der Waals surface area contributed by atoms with Crippen molar-refractivity contribution in [2.45, 2.75) is 25.2 Å². The number of carbonyl (C=O) groups excluding carboxylic acids is 1. The zero-order chi connectivity index (χ0) is 17.6. The molecule has 1 amide bonds. The van der Waals surface area contributed by atoms with E-state index < -0.39 is 6.17 Å². The number of aromatic nitrogens is 4. The van der Waals surface area contributed by atoms with Crippen molar-refractivity contribution < 1.29 is 9.18 Å². The van der Waals surface area contributed by atoms with Gasteiger partial charge < -0.3 is 10.6 Å². The third-order valence-corrected chi connectivity index (χ3v) is 4.12. The van der Waals surface area contributed by atoms with Gasteiger partial charge in [-0.3, -0.25) is 9.69 Å². The lowest BCUT2D eigenvalue weighted by Gasteiger charge is -2.24. The van der Waals surface area contributed by atoms with E-state index >= 15 is 0 Å². The molecule has 9 heteroatoms. The van der Waals surface area contributed by atoms with Crippen molar-refractivity contribution in [1.29, 1.82) is 0 Å². The number of anilines is 1. The van der Waals surface area contributed by atoms with Gasteiger partial charge in [-0.05, 0) is 18.6 Å². The van der Waals surface area contributed by atoms with Gasteiger partial charge in [-0.15, -0.1) is 10.2 Å². The number of hydrogen-bond donors (Lipinski definition) is 2. The third-order valence-electron chi connectivity index (χ3n) is 4.12. The topological polar surface area (TPSA) is 95.9 Å². The molecule has 0 bridgehead atoms. The Labute approximate surface area is 144 Å². The summed E-state index contributed by atoms with van der Waals surface area (Å²) in [7, 11) is 1.54. The fourth-order valence-corrected chi connectivity index (χ4v) is 2.87. The number of nitrogens with one attached hydrogen (secondary N) is 2. The Hall–Kier alpha value is -2.68. The van der Waals surface area contributed by atoms with E-state index in [1.807, 2.05) is 0 Å². The number of nitrogens with zero attached hydrogens (tertiary/aromatic N) is 5. The van der Waals surface area contributed by atoms with Crippen molar-refractivity contribution >= 4 is 11.7 Å². The van der Waals surface area contributed by atoms with Crippen LogP contribution in [0, 0.1) is 0 Å². The van der Waals surface area contributed by atoms with Crippen LogP contribution in [0.3, 0.4) is 0 Å². The molecule has 25 heavy (non-hydrogen) atoms. The third kappa shape index (κ3) is 4.44. The molecule has 1 fully saturated rings. The molecular weight excluding hydrogens is 325 g/mol. The van der Waals surface area contributed by atoms with Crippen molar-refractivity contribution in [3.8, 4) is 0 Å². The van der Waals surface area contributed by atoms with E-state index in [0.717, 1.165) is 5.56 Å². The fourth-order valence-electron chi connectivity index (χ4n) is 2.87. The monoisotopic (exact) mass is 345 g/mol. The van der Waals surface area contributed by atoms with E-state index in [-0.39, 0.29) is 17.6 Å². The average Bonchev–Trinajstić information content (AvgIpc) is 3.00. The second kappa shape index (κ2) is 7.93. The molecular formula is C16H20FN7O. The van der Waals surface area contributed by atoms with Gasteiger partial charge in [0.2, 0.25) is 0 Å². The highest BCUT2D eigenvalue weighted by Crippen LogP contribution is 2.22. The molecule has 0 spiro atoms. The molecule has 0 aliphatic carbocycles. The first kappa shape index (κ1) is 17.2. The zero-order valence-corrected chi connectivity index (χ0v) is 13.9. The Bertz CT molecular complexity index is 697. The Morgan fingerprint density at radius 3 is 2.80 bits per heavy atom. The molecule has 132 valence electrons. The zero-order valence-electron chi connectivity index (χ0n) is 13.9. The van der Waals surface area contributed by atoms with Gasteiger partial charge in [-0.25, -0.2) is 14.4 Å². The van der Waals surface area contributed by atoms with Crippen LogP contribution in [0.4, 0.5) is 10.2 Å². The van der Waals surface area contributed by atoms with Crippen molar-refractivity contribution in [3.05, 3.63) is 42.1 Å². The maximum absolute atomic E-state index is 13.9. The molecule has 0 saturated carbocycles. The standard InChI is InChI=1S/C16H20FN7O/c1-18-16(25)14-2-3-15(23-22-14)21-7-13-4-12(17)9-24(13)8-11-5-19-10-20-6-11/h2-3,5-6,10,12-13H,4,7-9H2,1H3,(H,18,25)(H,21,23)/t12-,13-/m0/s1. The van der Waals surface area contributed by atoms with E-state index in [9.17, 15) is 9.18 Å². The number of rotatable bonds is 6. The van der Waals surface area contributed by atoms with Crippen LogP contribution in [0.5, 0.6) is 0 Å². The number of carbonyl (C=O) groups is 1. The van der Waals surface area contributed by atoms with Gasteiger partial charge in [0.15, 0.2) is 5.69 Å². The quantitative estimate of drug-likeness (QED) is 0.793. The maximum Gasteiger partial charge on any atom is 0.271 e. The van der Waals surface area contributed by atoms with Gasteiger partial charge in [0.25, 0.3) is 5.91 Å². The highest BCUT2D eigenvalue weighted by atomic mass is 19.1. The van der Waals surface area contributed by atoms with Crippen molar-refractivity contribution in [2.24, 2.45) is 0 Å². The summed E-state index contributed by atoms with van der Waals surface area (Å²) < 4.78 is 13.9. The molecule has 2 aromatic heterocycles. The Balaban J connectivity index is 1.58. The first-order valence-corrected chi connectivity index (χ1v) is 8.07. The smallest absolute Gasteiger partial charge is 0.271 e. The molecule has 2 aromatic rings. The van der Waals surface area contributed by atoms with Crippen molar-refractivity contribution in [3.63, 3.8) is 0 Å². The summed E-state index contributed by atoms with van der Waals surface area (Å²) in [5.41, 5.74) is 1.21. The van der Waals surface area contributed by atoms with Gasteiger partial charge in [0.1, 0.15) is 18.3 Å². The minimum atomic E-state index is -0.849. The lowest BCUT2D eigenvalue weighted by Crippen LogP contribution is -2.34. The summed E-state index contributed by atoms with van der Waals surface area (Å²) in [5, 5.41) is 13.5. The van der Waals surface area contributed by atoms with Crippen LogP contribution in [0.2, 0.25) is 0 Å². The summed E-state index contributed by atoms with van der Waals surface area (Å²) in [6.45, 7) is 1.54. The molecule has 1 aliphatic rings. The predicted molar refractivity (Wildman–Crippen MR) is 89.7 cm³/mol. The van der Waals surface area contributed by atoms with Gasteiger partial charge in [0.05, 0.1) is 0 Å². The van der Waals surface area contributed by atoms with Crippen LogP contribution in [0.1, 0.15) is 22.5 Å². The van der Waals surface area contributed by atoms with Crippen LogP contribution >= 0.6 is 0 Å². The number of alkyl halides is 1. The summed E-state index contributed by atoms with van der Waals surface area (Å²) in [6.07, 6.45) is 4.58. The van der Waals surface area contributed by atoms with E-state index in [4.69, 9.17) is 0 Å². The lowest BCUT2D eigenvalue weighted by atomic mass is 10.2. The molecule has 1 aliphatic heterocycles. The van der Waals surface area contributed by atoms with E-state index in [0.29, 0.717) is 31.9 Å². The summed E-state index contributed by atoms with van der Waals surface area (Å²) in [5.74, 6) is 0.268. The largest absolute Gasteiger partial charge is 0.367 e. The number of likely N-dealkylation sites (tertiary alicyclic amines) is 1. The fraction of sp³-hybridized carbons (Fsp3) is 0.438. The van der Waals surface area contributed by atoms with Gasteiger partial charge in [-0.1, -0.05) is 0 Å². The van der Waals surface area contributed by atoms with Crippen LogP contribution in [-0.2, 0) is 6.54 Å². The average molecular weight is 345 g/mol. The van der Waals surface area contributed by atoms with Gasteiger partial charge >= 0.3 is 0 Å². The highest BCUT2D eigenvalue weighted by Gasteiger charge is 2.31. The van der Waals surface area contributed by atoms with Crippen LogP contribution in [0.15, 0.2) is 30.9 Å². The summed E-state index contributed by atoms with van der Waals surface area (Å²) >= 11 is 0. The van der Waals surface area contributed by atoms with E-state index in [2.05, 4.69) is 35.7 Å². The molecule has 0 radical (unpaired) electrons. The molecule has 0 unspecified atom stereocenters. The molecule has 0 aromatic carbocycles. The van der Waals surface area contributed by atoms with Gasteiger partial charge in [-0.2, -0.15) is 0 Å². The van der Waals surface area contributed by atoms with Crippen molar-refractivity contribution in [2.75, 3.05) is 25.5 Å². The van der Waals surface area contributed by atoms with Crippen LogP contribution < -0.4 is 10.6 Å². The number of amides is 1. The molecule has 8 nitrogen and oxygen atoms in total. The molecule has 1 saturated heterocycles. The lowest BCUT2D eigenvalue weighted by molar-refractivity contribution is 0.0957. The van der Waals surface area contributed by atoms with E-state index in [1.54, 1.807) is 24.5 Å². The van der Waals surface area contributed by atoms with Crippen LogP contribution in [0.25, 0.3) is 0 Å². The van der Waals surface area contributed by atoms with E-state index in [1.165, 1.54) is 13.4 Å². The molecule has 3 heterocycles. The molecule has 2 atom stereocenters. The predicted octanol–water partition coefficient (Wildman–Crippen LogP) is 0.651. The first-order chi connectivity index (χ1) is 12.2. The number of hydrogen-bond acceptors (Lipinski definition) is 7. The highest BCUT2D eigenvalue weighted by molar-refractivity contribution is 5.91. The summed E-state index contributed by atoms with van der Waals surface area (Å²) in [6, 6.07) is 3.32. The summed E-state index contributed by atoms with van der Waals surface area (Å²) in [4.78, 5) is 21.5. The minimum Gasteiger partial charge on any atom is -0.367 e. The molecule has 3 rings (SSSR count). The second-order valence-electron chi connectivity index (χ2n) is 5.93. The Morgan fingerprint density at radius 1 is 1.32 bits per heavy atom. The number of halogens is 1. The molecule has 2 N–H and O–H groups in total.